The number of ketones is 1. The number of rotatable bonds is 7. The van der Waals surface area contributed by atoms with E-state index in [2.05, 4.69) is 4.98 Å². The number of Topliss-reactive ketones (excluding diaryl/α,β-unsaturated/α-hetero) is 1. The van der Waals surface area contributed by atoms with Crippen LogP contribution in [0.5, 0.6) is 5.75 Å². The summed E-state index contributed by atoms with van der Waals surface area (Å²) in [5.74, 6) is -0.903. The number of hydrogen-bond acceptors (Lipinski definition) is 6. The summed E-state index contributed by atoms with van der Waals surface area (Å²) < 4.78 is 35.1. The molecule has 2 aromatic heterocycles. The number of aromatic nitrogens is 2. The number of aryl methyl sites for hydroxylation is 1. The van der Waals surface area contributed by atoms with Crippen LogP contribution in [0.4, 0.5) is 0 Å². The first-order valence-corrected chi connectivity index (χ1v) is 11.6. The van der Waals surface area contributed by atoms with E-state index in [1.165, 1.54) is 37.3 Å². The lowest BCUT2D eigenvalue weighted by atomic mass is 10.2. The van der Waals surface area contributed by atoms with Crippen molar-refractivity contribution in [2.24, 2.45) is 0 Å². The molecule has 9 heteroatoms. The zero-order valence-electron chi connectivity index (χ0n) is 18.0. The molecular formula is C24H21N3O5S. The molecule has 0 radical (unpaired) electrons. The Hall–Kier alpha value is -3.98. The van der Waals surface area contributed by atoms with Crippen LogP contribution in [0.15, 0.2) is 78.0 Å². The number of nitrogens with zero attached hydrogens (tertiary/aromatic N) is 2. The maximum Gasteiger partial charge on any atom is 0.268 e. The molecule has 0 bridgehead atoms. The molecule has 0 unspecified atom stereocenters. The minimum Gasteiger partial charge on any atom is -0.486 e. The Morgan fingerprint density at radius 2 is 1.82 bits per heavy atom. The van der Waals surface area contributed by atoms with Gasteiger partial charge in [0.25, 0.3) is 15.9 Å². The monoisotopic (exact) mass is 463 g/mol. The number of nitrogens with one attached hydrogen (secondary N) is 1. The highest BCUT2D eigenvalue weighted by molar-refractivity contribution is 7.90. The number of amides is 1. The second kappa shape index (κ2) is 8.87. The molecule has 0 aliphatic rings. The number of carbonyl (C=O) groups is 2. The molecule has 0 aliphatic heterocycles. The smallest absolute Gasteiger partial charge is 0.268 e. The van der Waals surface area contributed by atoms with Crippen LogP contribution < -0.4 is 9.46 Å². The Balaban J connectivity index is 1.53. The largest absolute Gasteiger partial charge is 0.486 e. The summed E-state index contributed by atoms with van der Waals surface area (Å²) in [4.78, 5) is 28.7. The second-order valence-electron chi connectivity index (χ2n) is 7.51. The standard InChI is InChI=1S/C24H21N3O5S/c1-16-10-11-23-25-19(14-27(23)13-16)15-32-22-9-4-3-8-21(22)24(29)26-33(30,31)20-7-5-6-18(12-20)17(2)28/h3-14H,15H2,1-2H3,(H,26,29). The first-order valence-electron chi connectivity index (χ1n) is 10.1. The van der Waals surface area contributed by atoms with Crippen LogP contribution in [0, 0.1) is 6.92 Å². The summed E-state index contributed by atoms with van der Waals surface area (Å²) in [6.45, 7) is 3.41. The molecule has 0 saturated heterocycles. The minimum absolute atomic E-state index is 0.0587. The van der Waals surface area contributed by atoms with Crippen molar-refractivity contribution in [2.45, 2.75) is 25.3 Å². The van der Waals surface area contributed by atoms with Crippen LogP contribution in [-0.4, -0.2) is 29.5 Å². The van der Waals surface area contributed by atoms with E-state index in [4.69, 9.17) is 4.74 Å². The number of pyridine rings is 1. The fraction of sp³-hybridized carbons (Fsp3) is 0.125. The van der Waals surface area contributed by atoms with Gasteiger partial charge in [0.05, 0.1) is 16.2 Å². The summed E-state index contributed by atoms with van der Waals surface area (Å²) in [5.41, 5.74) is 2.80. The van der Waals surface area contributed by atoms with Crippen LogP contribution in [0.1, 0.15) is 38.9 Å². The topological polar surface area (TPSA) is 107 Å². The Labute approximate surface area is 190 Å². The number of benzene rings is 2. The van der Waals surface area contributed by atoms with Gasteiger partial charge in [0.15, 0.2) is 5.78 Å². The fourth-order valence-electron chi connectivity index (χ4n) is 3.28. The van der Waals surface area contributed by atoms with Crippen molar-refractivity contribution in [1.82, 2.24) is 14.1 Å². The van der Waals surface area contributed by atoms with Gasteiger partial charge in [-0.1, -0.05) is 30.3 Å². The summed E-state index contributed by atoms with van der Waals surface area (Å²) >= 11 is 0. The van der Waals surface area contributed by atoms with Crippen LogP contribution >= 0.6 is 0 Å². The lowest BCUT2D eigenvalue weighted by Crippen LogP contribution is -2.31. The minimum atomic E-state index is -4.19. The van der Waals surface area contributed by atoms with Crippen LogP contribution in [-0.2, 0) is 16.6 Å². The van der Waals surface area contributed by atoms with Crippen molar-refractivity contribution in [3.63, 3.8) is 0 Å². The van der Waals surface area contributed by atoms with E-state index >= 15 is 0 Å². The Morgan fingerprint density at radius 1 is 1.03 bits per heavy atom. The number of hydrogen-bond donors (Lipinski definition) is 1. The highest BCUT2D eigenvalue weighted by atomic mass is 32.2. The average molecular weight is 464 g/mol. The first-order chi connectivity index (χ1) is 15.7. The van der Waals surface area contributed by atoms with Gasteiger partial charge in [0.2, 0.25) is 0 Å². The number of sulfonamides is 1. The Bertz CT molecular complexity index is 1470. The summed E-state index contributed by atoms with van der Waals surface area (Å²) in [6, 6.07) is 15.7. The normalized spacial score (nSPS) is 11.3. The summed E-state index contributed by atoms with van der Waals surface area (Å²) in [5, 5.41) is 0. The zero-order chi connectivity index (χ0) is 23.6. The highest BCUT2D eigenvalue weighted by Gasteiger charge is 2.22. The maximum atomic E-state index is 12.8. The molecule has 1 N–H and O–H groups in total. The summed E-state index contributed by atoms with van der Waals surface area (Å²) in [7, 11) is -4.19. The SMILES string of the molecule is CC(=O)c1cccc(S(=O)(=O)NC(=O)c2ccccc2OCc2cn3cc(C)ccc3n2)c1. The van der Waals surface area contributed by atoms with Gasteiger partial charge in [-0.25, -0.2) is 18.1 Å². The molecule has 1 amide bonds. The van der Waals surface area contributed by atoms with Gasteiger partial charge in [-0.2, -0.15) is 0 Å². The molecule has 33 heavy (non-hydrogen) atoms. The molecule has 0 spiro atoms. The van der Waals surface area contributed by atoms with Crippen LogP contribution in [0.2, 0.25) is 0 Å². The number of carbonyl (C=O) groups excluding carboxylic acids is 2. The molecule has 8 nitrogen and oxygen atoms in total. The highest BCUT2D eigenvalue weighted by Crippen LogP contribution is 2.21. The number of imidazole rings is 1. The van der Waals surface area contributed by atoms with Crippen molar-refractivity contribution in [2.75, 3.05) is 0 Å². The average Bonchev–Trinajstić information content (AvgIpc) is 3.19. The van der Waals surface area contributed by atoms with Crippen molar-refractivity contribution >= 4 is 27.4 Å². The van der Waals surface area contributed by atoms with Crippen molar-refractivity contribution < 1.29 is 22.7 Å². The van der Waals surface area contributed by atoms with E-state index in [9.17, 15) is 18.0 Å². The molecule has 0 atom stereocenters. The summed E-state index contributed by atoms with van der Waals surface area (Å²) in [6.07, 6.45) is 3.77. The molecule has 4 aromatic rings. The predicted octanol–water partition coefficient (Wildman–Crippen LogP) is 3.54. The molecule has 0 fully saturated rings. The van der Waals surface area contributed by atoms with E-state index < -0.39 is 15.9 Å². The zero-order valence-corrected chi connectivity index (χ0v) is 18.8. The van der Waals surface area contributed by atoms with E-state index in [0.29, 0.717) is 5.69 Å². The Kier molecular flexibility index (Phi) is 5.97. The van der Waals surface area contributed by atoms with Gasteiger partial charge in [-0.05, 0) is 49.7 Å². The third-order valence-corrected chi connectivity index (χ3v) is 6.26. The van der Waals surface area contributed by atoms with Gasteiger partial charge in [-0.15, -0.1) is 0 Å². The van der Waals surface area contributed by atoms with E-state index in [1.807, 2.05) is 40.6 Å². The molecule has 2 aromatic carbocycles. The van der Waals surface area contributed by atoms with E-state index in [1.54, 1.807) is 18.2 Å². The predicted molar refractivity (Wildman–Crippen MR) is 122 cm³/mol. The lowest BCUT2D eigenvalue weighted by molar-refractivity contribution is 0.0975. The van der Waals surface area contributed by atoms with Gasteiger partial charge in [0.1, 0.15) is 18.0 Å². The fourth-order valence-corrected chi connectivity index (χ4v) is 4.29. The van der Waals surface area contributed by atoms with Crippen LogP contribution in [0.25, 0.3) is 5.65 Å². The number of ether oxygens (including phenoxy) is 1. The third-order valence-electron chi connectivity index (χ3n) is 4.93. The van der Waals surface area contributed by atoms with Crippen LogP contribution in [0.3, 0.4) is 0 Å². The third kappa shape index (κ3) is 4.93. The molecule has 168 valence electrons. The maximum absolute atomic E-state index is 12.8. The van der Waals surface area contributed by atoms with E-state index in [0.717, 1.165) is 11.2 Å². The molecule has 4 rings (SSSR count). The number of para-hydroxylation sites is 1. The molecule has 2 heterocycles. The molecule has 0 saturated carbocycles. The number of fused-ring (bicyclic) bond motifs is 1. The van der Waals surface area contributed by atoms with Gasteiger partial charge < -0.3 is 9.14 Å². The van der Waals surface area contributed by atoms with Gasteiger partial charge in [0, 0.05) is 18.0 Å². The van der Waals surface area contributed by atoms with Gasteiger partial charge >= 0.3 is 0 Å². The van der Waals surface area contributed by atoms with Crippen molar-refractivity contribution in [1.29, 1.82) is 0 Å². The molecular weight excluding hydrogens is 442 g/mol. The lowest BCUT2D eigenvalue weighted by Gasteiger charge is -2.12. The first kappa shape index (κ1) is 22.2. The molecule has 0 aliphatic carbocycles. The van der Waals surface area contributed by atoms with Crippen molar-refractivity contribution in [3.05, 3.63) is 95.4 Å². The second-order valence-corrected chi connectivity index (χ2v) is 9.19. The quantitative estimate of drug-likeness (QED) is 0.420. The Morgan fingerprint density at radius 3 is 2.61 bits per heavy atom. The van der Waals surface area contributed by atoms with Crippen molar-refractivity contribution in [3.8, 4) is 5.75 Å². The van der Waals surface area contributed by atoms with Gasteiger partial charge in [-0.3, -0.25) is 9.59 Å². The van der Waals surface area contributed by atoms with E-state index in [-0.39, 0.29) is 34.2 Å².